The SMILES string of the molecule is CCN(CC)CCCC(C)n1cc(Br)cc1C(=O)O. The molecular weight excluding hydrogens is 308 g/mol. The number of hydrogen-bond donors (Lipinski definition) is 1. The summed E-state index contributed by atoms with van der Waals surface area (Å²) in [4.78, 5) is 13.5. The molecule has 0 radical (unpaired) electrons. The van der Waals surface area contributed by atoms with Gasteiger partial charge in [-0.2, -0.15) is 0 Å². The molecule has 0 aliphatic rings. The molecule has 19 heavy (non-hydrogen) atoms. The largest absolute Gasteiger partial charge is 0.477 e. The number of carboxylic acids is 1. The van der Waals surface area contributed by atoms with Gasteiger partial charge in [-0.05, 0) is 61.4 Å². The van der Waals surface area contributed by atoms with Gasteiger partial charge in [-0.15, -0.1) is 0 Å². The summed E-state index contributed by atoms with van der Waals surface area (Å²) >= 11 is 3.34. The van der Waals surface area contributed by atoms with E-state index in [9.17, 15) is 4.79 Å². The highest BCUT2D eigenvalue weighted by atomic mass is 79.9. The fourth-order valence-electron chi connectivity index (χ4n) is 2.27. The number of carboxylic acid groups (broad SMARTS) is 1. The molecule has 0 fully saturated rings. The van der Waals surface area contributed by atoms with Crippen LogP contribution in [-0.4, -0.2) is 40.2 Å². The van der Waals surface area contributed by atoms with Crippen LogP contribution in [0.15, 0.2) is 16.7 Å². The maximum Gasteiger partial charge on any atom is 0.352 e. The van der Waals surface area contributed by atoms with Gasteiger partial charge in [0.15, 0.2) is 0 Å². The van der Waals surface area contributed by atoms with Crippen molar-refractivity contribution in [2.45, 2.75) is 39.7 Å². The van der Waals surface area contributed by atoms with Gasteiger partial charge < -0.3 is 14.6 Å². The molecule has 108 valence electrons. The smallest absolute Gasteiger partial charge is 0.352 e. The molecule has 0 saturated heterocycles. The quantitative estimate of drug-likeness (QED) is 0.791. The Morgan fingerprint density at radius 2 is 2.11 bits per heavy atom. The lowest BCUT2D eigenvalue weighted by Gasteiger charge is -2.20. The highest BCUT2D eigenvalue weighted by Crippen LogP contribution is 2.22. The zero-order valence-corrected chi connectivity index (χ0v) is 13.5. The molecule has 1 N–H and O–H groups in total. The van der Waals surface area contributed by atoms with Gasteiger partial charge in [-0.1, -0.05) is 13.8 Å². The van der Waals surface area contributed by atoms with Crippen LogP contribution in [0.25, 0.3) is 0 Å². The number of halogens is 1. The highest BCUT2D eigenvalue weighted by Gasteiger charge is 2.16. The Morgan fingerprint density at radius 1 is 1.47 bits per heavy atom. The maximum absolute atomic E-state index is 11.2. The zero-order valence-electron chi connectivity index (χ0n) is 11.9. The van der Waals surface area contributed by atoms with E-state index in [1.807, 2.05) is 10.8 Å². The third-order valence-electron chi connectivity index (χ3n) is 3.50. The molecule has 0 amide bonds. The number of hydrogen-bond acceptors (Lipinski definition) is 2. The third kappa shape index (κ3) is 4.66. The number of nitrogens with zero attached hydrogens (tertiary/aromatic N) is 2. The summed E-state index contributed by atoms with van der Waals surface area (Å²) in [6.07, 6.45) is 3.92. The Bertz CT molecular complexity index is 414. The van der Waals surface area contributed by atoms with Crippen molar-refractivity contribution < 1.29 is 9.90 Å². The summed E-state index contributed by atoms with van der Waals surface area (Å²) in [6.45, 7) is 9.61. The molecule has 0 aliphatic carbocycles. The topological polar surface area (TPSA) is 45.5 Å². The minimum Gasteiger partial charge on any atom is -0.477 e. The molecule has 1 atom stereocenters. The van der Waals surface area contributed by atoms with Crippen molar-refractivity contribution >= 4 is 21.9 Å². The van der Waals surface area contributed by atoms with Crippen LogP contribution < -0.4 is 0 Å². The van der Waals surface area contributed by atoms with Gasteiger partial charge in [0, 0.05) is 16.7 Å². The van der Waals surface area contributed by atoms with Crippen molar-refractivity contribution in [3.05, 3.63) is 22.4 Å². The second-order valence-corrected chi connectivity index (χ2v) is 5.69. The summed E-state index contributed by atoms with van der Waals surface area (Å²) in [7, 11) is 0. The molecule has 0 saturated carbocycles. The molecule has 1 unspecified atom stereocenters. The number of aromatic nitrogens is 1. The van der Waals surface area contributed by atoms with Crippen LogP contribution in [0, 0.1) is 0 Å². The van der Waals surface area contributed by atoms with Crippen LogP contribution in [-0.2, 0) is 0 Å². The Kier molecular flexibility index (Phi) is 6.58. The fourth-order valence-corrected chi connectivity index (χ4v) is 2.71. The maximum atomic E-state index is 11.2. The summed E-state index contributed by atoms with van der Waals surface area (Å²) in [5.41, 5.74) is 0.349. The van der Waals surface area contributed by atoms with E-state index in [-0.39, 0.29) is 6.04 Å². The van der Waals surface area contributed by atoms with E-state index in [1.54, 1.807) is 6.07 Å². The molecular formula is C14H23BrN2O2. The van der Waals surface area contributed by atoms with E-state index in [2.05, 4.69) is 41.6 Å². The van der Waals surface area contributed by atoms with Gasteiger partial charge in [0.05, 0.1) is 0 Å². The molecule has 1 aromatic rings. The first-order valence-corrected chi connectivity index (χ1v) is 7.61. The monoisotopic (exact) mass is 330 g/mol. The van der Waals surface area contributed by atoms with Crippen molar-refractivity contribution in [3.63, 3.8) is 0 Å². The average molecular weight is 331 g/mol. The van der Waals surface area contributed by atoms with E-state index in [1.165, 1.54) is 0 Å². The second kappa shape index (κ2) is 7.70. The number of carbonyl (C=O) groups is 1. The Labute approximate surface area is 123 Å². The zero-order chi connectivity index (χ0) is 14.4. The van der Waals surface area contributed by atoms with Crippen molar-refractivity contribution in [1.82, 2.24) is 9.47 Å². The van der Waals surface area contributed by atoms with Crippen molar-refractivity contribution in [3.8, 4) is 0 Å². The van der Waals surface area contributed by atoms with Gasteiger partial charge in [0.2, 0.25) is 0 Å². The lowest BCUT2D eigenvalue weighted by Crippen LogP contribution is -2.24. The van der Waals surface area contributed by atoms with Crippen LogP contribution in [0.3, 0.4) is 0 Å². The Balaban J connectivity index is 2.58. The van der Waals surface area contributed by atoms with E-state index >= 15 is 0 Å². The predicted octanol–water partition coefficient (Wildman–Crippen LogP) is 3.63. The molecule has 0 aliphatic heterocycles. The van der Waals surface area contributed by atoms with Gasteiger partial charge in [0.25, 0.3) is 0 Å². The van der Waals surface area contributed by atoms with Crippen LogP contribution in [0.2, 0.25) is 0 Å². The van der Waals surface area contributed by atoms with E-state index in [0.717, 1.165) is 36.9 Å². The van der Waals surface area contributed by atoms with Crippen LogP contribution in [0.5, 0.6) is 0 Å². The molecule has 1 heterocycles. The average Bonchev–Trinajstić information content (AvgIpc) is 2.77. The first-order valence-electron chi connectivity index (χ1n) is 6.82. The van der Waals surface area contributed by atoms with E-state index in [0.29, 0.717) is 5.69 Å². The second-order valence-electron chi connectivity index (χ2n) is 4.77. The summed E-state index contributed by atoms with van der Waals surface area (Å²) in [5, 5.41) is 9.17. The van der Waals surface area contributed by atoms with Crippen LogP contribution in [0.4, 0.5) is 0 Å². The Morgan fingerprint density at radius 3 is 2.63 bits per heavy atom. The summed E-state index contributed by atoms with van der Waals surface area (Å²) in [5.74, 6) is -0.874. The molecule has 1 aromatic heterocycles. The normalized spacial score (nSPS) is 12.9. The van der Waals surface area contributed by atoms with Crippen molar-refractivity contribution in [2.75, 3.05) is 19.6 Å². The van der Waals surface area contributed by atoms with Gasteiger partial charge >= 0.3 is 5.97 Å². The number of aromatic carboxylic acids is 1. The molecule has 4 nitrogen and oxygen atoms in total. The summed E-state index contributed by atoms with van der Waals surface area (Å²) < 4.78 is 2.66. The minimum absolute atomic E-state index is 0.202. The Hall–Kier alpha value is -0.810. The van der Waals surface area contributed by atoms with Crippen molar-refractivity contribution in [1.29, 1.82) is 0 Å². The molecule has 0 spiro atoms. The van der Waals surface area contributed by atoms with Crippen molar-refractivity contribution in [2.24, 2.45) is 0 Å². The van der Waals surface area contributed by atoms with Gasteiger partial charge in [0.1, 0.15) is 5.69 Å². The van der Waals surface area contributed by atoms with Gasteiger partial charge in [-0.3, -0.25) is 0 Å². The lowest BCUT2D eigenvalue weighted by molar-refractivity contribution is 0.0682. The van der Waals surface area contributed by atoms with E-state index < -0.39 is 5.97 Å². The molecule has 0 bridgehead atoms. The number of rotatable bonds is 8. The third-order valence-corrected chi connectivity index (χ3v) is 3.93. The fraction of sp³-hybridized carbons (Fsp3) is 0.643. The van der Waals surface area contributed by atoms with E-state index in [4.69, 9.17) is 5.11 Å². The highest BCUT2D eigenvalue weighted by molar-refractivity contribution is 9.10. The molecule has 0 aromatic carbocycles. The first kappa shape index (κ1) is 16.2. The predicted molar refractivity (Wildman–Crippen MR) is 80.8 cm³/mol. The molecule has 5 heteroatoms. The van der Waals surface area contributed by atoms with Gasteiger partial charge in [-0.25, -0.2) is 4.79 Å². The first-order chi connectivity index (χ1) is 8.99. The standard InChI is InChI=1S/C14H23BrN2O2/c1-4-16(5-2)8-6-7-11(3)17-10-12(15)9-13(17)14(18)19/h9-11H,4-8H2,1-3H3,(H,18,19). The minimum atomic E-state index is -0.874. The van der Waals surface area contributed by atoms with Crippen LogP contribution >= 0.6 is 15.9 Å². The lowest BCUT2D eigenvalue weighted by atomic mass is 10.1. The molecule has 1 rings (SSSR count). The van der Waals surface area contributed by atoms with Crippen LogP contribution in [0.1, 0.15) is 50.1 Å². The summed E-state index contributed by atoms with van der Waals surface area (Å²) in [6, 6.07) is 1.86.